The largest absolute Gasteiger partial charge is 0.389 e. The Morgan fingerprint density at radius 2 is 1.81 bits per heavy atom. The molecule has 0 aromatic heterocycles. The Kier molecular flexibility index (Phi) is 6.25. The normalized spacial score (nSPS) is 27.7. The predicted molar refractivity (Wildman–Crippen MR) is 87.8 cm³/mol. The fraction of sp³-hybridized carbons (Fsp3) is 0.944. The van der Waals surface area contributed by atoms with Crippen molar-refractivity contribution in [2.45, 2.75) is 78.9 Å². The first-order valence-corrected chi connectivity index (χ1v) is 8.50. The van der Waals surface area contributed by atoms with E-state index in [0.717, 1.165) is 25.8 Å². The van der Waals surface area contributed by atoms with E-state index in [4.69, 9.17) is 0 Å². The zero-order chi connectivity index (χ0) is 16.3. The molecule has 0 aromatic carbocycles. The second kappa shape index (κ2) is 7.11. The van der Waals surface area contributed by atoms with Crippen LogP contribution in [0.4, 0.5) is 0 Å². The molecule has 1 rings (SSSR count). The summed E-state index contributed by atoms with van der Waals surface area (Å²) in [7, 11) is 0. The number of hydrogen-bond donors (Lipinski definition) is 1. The van der Waals surface area contributed by atoms with Crippen LogP contribution in [0.2, 0.25) is 0 Å². The molecule has 3 nitrogen and oxygen atoms in total. The molecule has 0 aromatic rings. The molecule has 0 amide bonds. The third-order valence-electron chi connectivity index (χ3n) is 5.46. The van der Waals surface area contributed by atoms with E-state index in [1.54, 1.807) is 0 Å². The zero-order valence-corrected chi connectivity index (χ0v) is 14.8. The van der Waals surface area contributed by atoms with Crippen LogP contribution in [0.3, 0.4) is 0 Å². The van der Waals surface area contributed by atoms with E-state index < -0.39 is 5.60 Å². The number of nitrogens with zero attached hydrogens (tertiary/aromatic N) is 2. The molecule has 21 heavy (non-hydrogen) atoms. The topological polar surface area (TPSA) is 47.3 Å². The van der Waals surface area contributed by atoms with Gasteiger partial charge in [0.05, 0.1) is 17.6 Å². The first-order valence-electron chi connectivity index (χ1n) is 8.50. The van der Waals surface area contributed by atoms with E-state index in [-0.39, 0.29) is 12.0 Å². The SMILES string of the molecule is CCN(CC(C)(C)O)C1CC(C(C)(C)CC)CCC1C#N. The van der Waals surface area contributed by atoms with Gasteiger partial charge in [0, 0.05) is 12.6 Å². The van der Waals surface area contributed by atoms with Gasteiger partial charge in [-0.1, -0.05) is 34.1 Å². The van der Waals surface area contributed by atoms with Crippen LogP contribution in [0, 0.1) is 28.6 Å². The lowest BCUT2D eigenvalue weighted by Gasteiger charge is -2.46. The number of rotatable bonds is 6. The fourth-order valence-corrected chi connectivity index (χ4v) is 3.66. The van der Waals surface area contributed by atoms with Gasteiger partial charge in [-0.2, -0.15) is 5.26 Å². The molecule has 1 aliphatic rings. The van der Waals surface area contributed by atoms with Crippen molar-refractivity contribution >= 4 is 0 Å². The summed E-state index contributed by atoms with van der Waals surface area (Å²) in [5.41, 5.74) is -0.365. The predicted octanol–water partition coefficient (Wildman–Crippen LogP) is 3.82. The van der Waals surface area contributed by atoms with Gasteiger partial charge >= 0.3 is 0 Å². The molecule has 1 saturated carbocycles. The minimum absolute atomic E-state index is 0.108. The smallest absolute Gasteiger partial charge is 0.0718 e. The van der Waals surface area contributed by atoms with Gasteiger partial charge in [0.25, 0.3) is 0 Å². The summed E-state index contributed by atoms with van der Waals surface area (Å²) in [6, 6.07) is 2.81. The van der Waals surface area contributed by atoms with Crippen molar-refractivity contribution in [2.24, 2.45) is 17.3 Å². The maximum Gasteiger partial charge on any atom is 0.0718 e. The van der Waals surface area contributed by atoms with Gasteiger partial charge in [0.15, 0.2) is 0 Å². The number of likely N-dealkylation sites (N-methyl/N-ethyl adjacent to an activating group) is 1. The molecule has 0 radical (unpaired) electrons. The molecule has 0 aliphatic heterocycles. The monoisotopic (exact) mass is 294 g/mol. The molecular formula is C18H34N2O. The van der Waals surface area contributed by atoms with E-state index in [0.29, 0.717) is 17.9 Å². The summed E-state index contributed by atoms with van der Waals surface area (Å²) in [5.74, 6) is 0.782. The van der Waals surface area contributed by atoms with Crippen molar-refractivity contribution in [1.82, 2.24) is 4.90 Å². The Hall–Kier alpha value is -0.590. The lowest BCUT2D eigenvalue weighted by atomic mass is 9.66. The molecule has 3 heteroatoms. The summed E-state index contributed by atoms with van der Waals surface area (Å²) < 4.78 is 0. The molecular weight excluding hydrogens is 260 g/mol. The quantitative estimate of drug-likeness (QED) is 0.810. The van der Waals surface area contributed by atoms with Crippen molar-refractivity contribution in [3.8, 4) is 6.07 Å². The molecule has 0 heterocycles. The van der Waals surface area contributed by atoms with Gasteiger partial charge in [0.2, 0.25) is 0 Å². The van der Waals surface area contributed by atoms with E-state index in [1.807, 2.05) is 13.8 Å². The summed E-state index contributed by atoms with van der Waals surface area (Å²) in [5, 5.41) is 19.7. The highest BCUT2D eigenvalue weighted by atomic mass is 16.3. The molecule has 3 unspecified atom stereocenters. The van der Waals surface area contributed by atoms with Crippen molar-refractivity contribution in [2.75, 3.05) is 13.1 Å². The van der Waals surface area contributed by atoms with E-state index in [9.17, 15) is 10.4 Å². The van der Waals surface area contributed by atoms with Gasteiger partial charge in [-0.05, 0) is 51.0 Å². The third kappa shape index (κ3) is 4.97. The average Bonchev–Trinajstić information content (AvgIpc) is 2.43. The Morgan fingerprint density at radius 3 is 2.24 bits per heavy atom. The van der Waals surface area contributed by atoms with Crippen LogP contribution in [0.25, 0.3) is 0 Å². The highest BCUT2D eigenvalue weighted by Crippen LogP contribution is 2.43. The van der Waals surface area contributed by atoms with Crippen molar-refractivity contribution < 1.29 is 5.11 Å². The van der Waals surface area contributed by atoms with Crippen LogP contribution in [0.15, 0.2) is 0 Å². The third-order valence-corrected chi connectivity index (χ3v) is 5.46. The van der Waals surface area contributed by atoms with Crippen LogP contribution >= 0.6 is 0 Å². The van der Waals surface area contributed by atoms with Gasteiger partial charge < -0.3 is 5.11 Å². The molecule has 3 atom stereocenters. The summed E-state index contributed by atoms with van der Waals surface area (Å²) >= 11 is 0. The molecule has 0 saturated heterocycles. The van der Waals surface area contributed by atoms with Crippen LogP contribution < -0.4 is 0 Å². The lowest BCUT2D eigenvalue weighted by Crippen LogP contribution is -2.50. The fourth-order valence-electron chi connectivity index (χ4n) is 3.66. The second-order valence-electron chi connectivity index (χ2n) is 8.03. The lowest BCUT2D eigenvalue weighted by molar-refractivity contribution is -0.00840. The van der Waals surface area contributed by atoms with Crippen LogP contribution in [-0.2, 0) is 0 Å². The van der Waals surface area contributed by atoms with Gasteiger partial charge in [-0.3, -0.25) is 4.90 Å². The van der Waals surface area contributed by atoms with Gasteiger partial charge in [0.1, 0.15) is 0 Å². The molecule has 1 fully saturated rings. The molecule has 1 aliphatic carbocycles. The highest BCUT2D eigenvalue weighted by molar-refractivity contribution is 5.00. The number of nitriles is 1. The van der Waals surface area contributed by atoms with E-state index in [1.165, 1.54) is 6.42 Å². The Bertz CT molecular complexity index is 364. The maximum absolute atomic E-state index is 10.2. The molecule has 0 spiro atoms. The standard InChI is InChI=1S/C18H34N2O/c1-7-17(3,4)15-10-9-14(12-19)16(11-15)20(8-2)13-18(5,6)21/h14-16,21H,7-11,13H2,1-6H3. The average molecular weight is 294 g/mol. The minimum atomic E-state index is -0.705. The molecule has 0 bridgehead atoms. The number of aliphatic hydroxyl groups is 1. The number of hydrogen-bond acceptors (Lipinski definition) is 3. The summed E-state index contributed by atoms with van der Waals surface area (Å²) in [4.78, 5) is 2.33. The summed E-state index contributed by atoms with van der Waals surface area (Å²) in [6.07, 6.45) is 4.43. The highest BCUT2D eigenvalue weighted by Gasteiger charge is 2.40. The maximum atomic E-state index is 10.2. The van der Waals surface area contributed by atoms with Gasteiger partial charge in [-0.25, -0.2) is 0 Å². The van der Waals surface area contributed by atoms with Crippen LogP contribution in [0.1, 0.15) is 67.2 Å². The van der Waals surface area contributed by atoms with Gasteiger partial charge in [-0.15, -0.1) is 0 Å². The van der Waals surface area contributed by atoms with Crippen molar-refractivity contribution in [3.63, 3.8) is 0 Å². The Balaban J connectivity index is 2.90. The zero-order valence-electron chi connectivity index (χ0n) is 14.8. The van der Waals surface area contributed by atoms with E-state index >= 15 is 0 Å². The second-order valence-corrected chi connectivity index (χ2v) is 8.03. The minimum Gasteiger partial charge on any atom is -0.389 e. The van der Waals surface area contributed by atoms with E-state index in [2.05, 4.69) is 38.7 Å². The molecule has 122 valence electrons. The first kappa shape index (κ1) is 18.5. The first-order chi connectivity index (χ1) is 9.64. The van der Waals surface area contributed by atoms with Crippen molar-refractivity contribution in [1.29, 1.82) is 5.26 Å². The molecule has 1 N–H and O–H groups in total. The van der Waals surface area contributed by atoms with Crippen LogP contribution in [-0.4, -0.2) is 34.7 Å². The van der Waals surface area contributed by atoms with Crippen LogP contribution in [0.5, 0.6) is 0 Å². The Labute approximate surface area is 131 Å². The van der Waals surface area contributed by atoms with Crippen molar-refractivity contribution in [3.05, 3.63) is 0 Å². The Morgan fingerprint density at radius 1 is 1.19 bits per heavy atom. The summed E-state index contributed by atoms with van der Waals surface area (Å²) in [6.45, 7) is 14.4.